The van der Waals surface area contributed by atoms with Crippen LogP contribution in [0.4, 0.5) is 0 Å². The van der Waals surface area contributed by atoms with E-state index < -0.39 is 0 Å². The molecule has 0 fully saturated rings. The Morgan fingerprint density at radius 1 is 1.32 bits per heavy atom. The van der Waals surface area contributed by atoms with E-state index in [0.29, 0.717) is 5.03 Å². The van der Waals surface area contributed by atoms with Crippen LogP contribution in [0.25, 0.3) is 5.70 Å². The highest BCUT2D eigenvalue weighted by Crippen LogP contribution is 2.37. The molecule has 0 atom stereocenters. The molecule has 0 saturated carbocycles. The Bertz CT molecular complexity index is 610. The van der Waals surface area contributed by atoms with E-state index in [1.807, 2.05) is 36.7 Å². The molecule has 0 aliphatic carbocycles. The Morgan fingerprint density at radius 3 is 2.47 bits per heavy atom. The smallest absolute Gasteiger partial charge is 0.113 e. The molecule has 1 aromatic heterocycles. The number of rotatable bonds is 2. The predicted octanol–water partition coefficient (Wildman–Crippen LogP) is 3.76. The SMILES string of the molecule is C=C1C(Cl)=CC(C)=C(c2nn(C)c(SC)c2C)N1C. The lowest BCUT2D eigenvalue weighted by Gasteiger charge is -2.29. The van der Waals surface area contributed by atoms with Gasteiger partial charge in [0.15, 0.2) is 0 Å². The third-order valence-corrected chi connectivity index (χ3v) is 4.65. The first kappa shape index (κ1) is 14.3. The molecule has 0 saturated heterocycles. The Labute approximate surface area is 123 Å². The average molecular weight is 296 g/mol. The number of aromatic nitrogens is 2. The van der Waals surface area contributed by atoms with Gasteiger partial charge in [-0.05, 0) is 31.8 Å². The zero-order chi connectivity index (χ0) is 14.3. The standard InChI is InChI=1S/C14H18ClN3S/c1-8-7-11(15)10(3)17(4)13(8)12-9(2)14(19-6)18(5)16-12/h7H,3H2,1-2,4-6H3. The van der Waals surface area contributed by atoms with Crippen molar-refractivity contribution in [3.63, 3.8) is 0 Å². The minimum atomic E-state index is 0.683. The van der Waals surface area contributed by atoms with Gasteiger partial charge in [0.1, 0.15) is 5.69 Å². The van der Waals surface area contributed by atoms with E-state index in [0.717, 1.165) is 22.7 Å². The molecule has 19 heavy (non-hydrogen) atoms. The minimum absolute atomic E-state index is 0.683. The van der Waals surface area contributed by atoms with Gasteiger partial charge in [0, 0.05) is 19.7 Å². The van der Waals surface area contributed by atoms with Crippen LogP contribution in [0.2, 0.25) is 0 Å². The fourth-order valence-electron chi connectivity index (χ4n) is 2.37. The number of halogens is 1. The summed E-state index contributed by atoms with van der Waals surface area (Å²) in [4.78, 5) is 2.01. The van der Waals surface area contributed by atoms with Crippen LogP contribution in [0.3, 0.4) is 0 Å². The first-order valence-electron chi connectivity index (χ1n) is 5.97. The van der Waals surface area contributed by atoms with Crippen molar-refractivity contribution in [3.05, 3.63) is 40.2 Å². The molecule has 0 bridgehead atoms. The lowest BCUT2D eigenvalue weighted by Crippen LogP contribution is -2.21. The van der Waals surface area contributed by atoms with Crippen LogP contribution in [-0.2, 0) is 7.05 Å². The summed E-state index contributed by atoms with van der Waals surface area (Å²) < 4.78 is 1.92. The Kier molecular flexibility index (Phi) is 3.83. The molecule has 0 spiro atoms. The normalized spacial score (nSPS) is 16.2. The molecule has 1 aliphatic rings. The van der Waals surface area contributed by atoms with Gasteiger partial charge in [-0.1, -0.05) is 18.2 Å². The number of nitrogens with zero attached hydrogens (tertiary/aromatic N) is 3. The average Bonchev–Trinajstić information content (AvgIpc) is 2.62. The van der Waals surface area contributed by atoms with E-state index in [2.05, 4.69) is 24.9 Å². The molecule has 1 aliphatic heterocycles. The second kappa shape index (κ2) is 5.10. The maximum atomic E-state index is 6.17. The van der Waals surface area contributed by atoms with Crippen LogP contribution in [0.1, 0.15) is 18.2 Å². The van der Waals surface area contributed by atoms with Gasteiger partial charge in [0.05, 0.1) is 21.5 Å². The molecular weight excluding hydrogens is 278 g/mol. The molecular formula is C14H18ClN3S. The van der Waals surface area contributed by atoms with Crippen LogP contribution in [0.5, 0.6) is 0 Å². The first-order valence-corrected chi connectivity index (χ1v) is 7.57. The molecule has 1 aromatic rings. The van der Waals surface area contributed by atoms with Crippen LogP contribution in [0, 0.1) is 6.92 Å². The number of thioether (sulfide) groups is 1. The summed E-state index contributed by atoms with van der Waals surface area (Å²) in [5, 5.41) is 6.51. The van der Waals surface area contributed by atoms with Crippen molar-refractivity contribution < 1.29 is 0 Å². The van der Waals surface area contributed by atoms with E-state index in [-0.39, 0.29) is 0 Å². The van der Waals surface area contributed by atoms with Gasteiger partial charge >= 0.3 is 0 Å². The van der Waals surface area contributed by atoms with Gasteiger partial charge in [-0.25, -0.2) is 0 Å². The molecule has 0 radical (unpaired) electrons. The van der Waals surface area contributed by atoms with Crippen molar-refractivity contribution in [2.45, 2.75) is 18.9 Å². The zero-order valence-corrected chi connectivity index (χ0v) is 13.5. The van der Waals surface area contributed by atoms with Gasteiger partial charge in [-0.3, -0.25) is 4.68 Å². The van der Waals surface area contributed by atoms with Gasteiger partial charge < -0.3 is 4.90 Å². The fraction of sp³-hybridized carbons (Fsp3) is 0.357. The van der Waals surface area contributed by atoms with Crippen LogP contribution in [-0.4, -0.2) is 28.0 Å². The van der Waals surface area contributed by atoms with Crippen molar-refractivity contribution >= 4 is 29.1 Å². The molecule has 0 unspecified atom stereocenters. The predicted molar refractivity (Wildman–Crippen MR) is 83.2 cm³/mol. The maximum Gasteiger partial charge on any atom is 0.113 e. The third kappa shape index (κ3) is 2.23. The quantitative estimate of drug-likeness (QED) is 0.775. The number of likely N-dealkylation sites (N-methyl/N-ethyl adjacent to an activating group) is 1. The fourth-order valence-corrected chi connectivity index (χ4v) is 3.37. The van der Waals surface area contributed by atoms with E-state index >= 15 is 0 Å². The highest BCUT2D eigenvalue weighted by molar-refractivity contribution is 7.98. The van der Waals surface area contributed by atoms with Crippen molar-refractivity contribution in [1.29, 1.82) is 0 Å². The van der Waals surface area contributed by atoms with Crippen molar-refractivity contribution in [2.24, 2.45) is 7.05 Å². The van der Waals surface area contributed by atoms with E-state index in [9.17, 15) is 0 Å². The molecule has 5 heteroatoms. The van der Waals surface area contributed by atoms with Crippen molar-refractivity contribution in [1.82, 2.24) is 14.7 Å². The molecule has 0 amide bonds. The Hall–Kier alpha value is -1.13. The van der Waals surface area contributed by atoms with Crippen LogP contribution < -0.4 is 0 Å². The van der Waals surface area contributed by atoms with Gasteiger partial charge in [0.2, 0.25) is 0 Å². The summed E-state index contributed by atoms with van der Waals surface area (Å²) in [5.74, 6) is 0. The highest BCUT2D eigenvalue weighted by atomic mass is 35.5. The molecule has 102 valence electrons. The number of hydrogen-bond acceptors (Lipinski definition) is 3. The van der Waals surface area contributed by atoms with Gasteiger partial charge in [-0.15, -0.1) is 11.8 Å². The van der Waals surface area contributed by atoms with E-state index in [1.165, 1.54) is 10.6 Å². The summed E-state index contributed by atoms with van der Waals surface area (Å²) in [6, 6.07) is 0. The van der Waals surface area contributed by atoms with E-state index in [1.54, 1.807) is 11.8 Å². The number of allylic oxidation sites excluding steroid dienone is 3. The van der Waals surface area contributed by atoms with Crippen LogP contribution >= 0.6 is 23.4 Å². The Morgan fingerprint density at radius 2 is 1.95 bits per heavy atom. The summed E-state index contributed by atoms with van der Waals surface area (Å²) in [6.45, 7) is 8.17. The molecule has 3 nitrogen and oxygen atoms in total. The third-order valence-electron chi connectivity index (χ3n) is 3.37. The number of aryl methyl sites for hydroxylation is 1. The van der Waals surface area contributed by atoms with Crippen LogP contribution in [0.15, 0.2) is 34.0 Å². The molecule has 2 rings (SSSR count). The zero-order valence-electron chi connectivity index (χ0n) is 11.9. The summed E-state index contributed by atoms with van der Waals surface area (Å²) in [7, 11) is 3.95. The minimum Gasteiger partial charge on any atom is -0.342 e. The Balaban J connectivity index is 2.64. The lowest BCUT2D eigenvalue weighted by molar-refractivity contribution is 0.598. The largest absolute Gasteiger partial charge is 0.342 e. The number of hydrogen-bond donors (Lipinski definition) is 0. The van der Waals surface area contributed by atoms with E-state index in [4.69, 9.17) is 11.6 Å². The second-order valence-electron chi connectivity index (χ2n) is 4.64. The summed E-state index contributed by atoms with van der Waals surface area (Å²) >= 11 is 7.88. The maximum absolute atomic E-state index is 6.17. The van der Waals surface area contributed by atoms with Gasteiger partial charge in [0.25, 0.3) is 0 Å². The van der Waals surface area contributed by atoms with Crippen molar-refractivity contribution in [3.8, 4) is 0 Å². The van der Waals surface area contributed by atoms with Gasteiger partial charge in [-0.2, -0.15) is 5.10 Å². The van der Waals surface area contributed by atoms with Crippen molar-refractivity contribution in [2.75, 3.05) is 13.3 Å². The second-order valence-corrected chi connectivity index (χ2v) is 5.84. The lowest BCUT2D eigenvalue weighted by atomic mass is 10.0. The summed E-state index contributed by atoms with van der Waals surface area (Å²) in [5.41, 5.74) is 5.17. The summed E-state index contributed by atoms with van der Waals surface area (Å²) in [6.07, 6.45) is 4.02. The monoisotopic (exact) mass is 295 g/mol. The topological polar surface area (TPSA) is 21.1 Å². The molecule has 0 aromatic carbocycles. The molecule has 2 heterocycles. The molecule has 0 N–H and O–H groups in total. The first-order chi connectivity index (χ1) is 8.88. The highest BCUT2D eigenvalue weighted by Gasteiger charge is 2.24.